The van der Waals surface area contributed by atoms with E-state index in [1.807, 2.05) is 54.6 Å². The van der Waals surface area contributed by atoms with E-state index in [0.29, 0.717) is 24.8 Å². The van der Waals surface area contributed by atoms with Crippen molar-refractivity contribution in [2.75, 3.05) is 26.7 Å². The summed E-state index contributed by atoms with van der Waals surface area (Å²) in [5.41, 5.74) is 4.68. The second kappa shape index (κ2) is 15.0. The first kappa shape index (κ1) is 29.1. The van der Waals surface area contributed by atoms with E-state index in [2.05, 4.69) is 52.6 Å². The van der Waals surface area contributed by atoms with Crippen LogP contribution in [0.1, 0.15) is 47.9 Å². The molecule has 1 amide bonds. The molecule has 1 N–H and O–H groups in total. The van der Waals surface area contributed by atoms with Crippen LogP contribution in [0.4, 0.5) is 4.79 Å². The van der Waals surface area contributed by atoms with Gasteiger partial charge < -0.3 is 24.4 Å². The first-order valence-corrected chi connectivity index (χ1v) is 14.8. The van der Waals surface area contributed by atoms with E-state index >= 15 is 0 Å². The van der Waals surface area contributed by atoms with Gasteiger partial charge in [0.1, 0.15) is 17.2 Å². The number of ether oxygens (including phenoxy) is 3. The number of amides is 1. The molecule has 1 aliphatic heterocycles. The summed E-state index contributed by atoms with van der Waals surface area (Å²) in [4.78, 5) is 18.8. The molecule has 0 aliphatic carbocycles. The van der Waals surface area contributed by atoms with Gasteiger partial charge in [-0.15, -0.1) is 0 Å². The number of nitrogens with one attached hydrogen (secondary N) is 1. The minimum absolute atomic E-state index is 0.409. The standard InChI is InChI=1S/C35H39N3O4/c1-38(21-10-22-40-31-18-17-29-24-30-15-9-20-36-34(30)42-33(29)25-31)26-28-14-8-16-32(23-28)41-35(39)37-19-7-3-6-13-27-11-4-2-5-12-27/h2,4-5,8-9,11-12,14-18,20,23,25H,3,6-7,10,13,19,21-22,24,26H2,1H3,(H,37,39). The number of hydrogen-bond acceptors (Lipinski definition) is 6. The Balaban J connectivity index is 0.966. The Kier molecular flexibility index (Phi) is 10.4. The van der Waals surface area contributed by atoms with Crippen molar-refractivity contribution in [3.63, 3.8) is 0 Å². The topological polar surface area (TPSA) is 72.9 Å². The fraction of sp³-hybridized carbons (Fsp3) is 0.314. The van der Waals surface area contributed by atoms with Crippen molar-refractivity contribution >= 4 is 6.09 Å². The third-order valence-corrected chi connectivity index (χ3v) is 7.24. The Bertz CT molecular complexity index is 1440. The highest BCUT2D eigenvalue weighted by Crippen LogP contribution is 2.36. The van der Waals surface area contributed by atoms with Gasteiger partial charge in [-0.3, -0.25) is 0 Å². The zero-order chi connectivity index (χ0) is 29.0. The van der Waals surface area contributed by atoms with Crippen LogP contribution >= 0.6 is 0 Å². The molecule has 0 fully saturated rings. The molecule has 1 aliphatic rings. The molecule has 42 heavy (non-hydrogen) atoms. The summed E-state index contributed by atoms with van der Waals surface area (Å²) < 4.78 is 17.5. The molecule has 4 aromatic rings. The summed E-state index contributed by atoms with van der Waals surface area (Å²) in [6.07, 6.45) is 7.21. The Labute approximate surface area is 248 Å². The molecular formula is C35H39N3O4. The third kappa shape index (κ3) is 8.82. The van der Waals surface area contributed by atoms with E-state index in [9.17, 15) is 4.79 Å². The van der Waals surface area contributed by atoms with E-state index in [1.165, 1.54) is 5.56 Å². The van der Waals surface area contributed by atoms with Crippen LogP contribution in [0.25, 0.3) is 0 Å². The zero-order valence-corrected chi connectivity index (χ0v) is 24.3. The highest BCUT2D eigenvalue weighted by atomic mass is 16.6. The molecule has 0 atom stereocenters. The van der Waals surface area contributed by atoms with Crippen LogP contribution in [0.15, 0.2) is 91.1 Å². The summed E-state index contributed by atoms with van der Waals surface area (Å²) in [7, 11) is 2.08. The molecule has 3 aromatic carbocycles. The average molecular weight is 566 g/mol. The Morgan fingerprint density at radius 3 is 2.67 bits per heavy atom. The highest BCUT2D eigenvalue weighted by Gasteiger charge is 2.18. The maximum atomic E-state index is 12.3. The lowest BCUT2D eigenvalue weighted by atomic mass is 10.0. The number of rotatable bonds is 14. The van der Waals surface area contributed by atoms with Crippen molar-refractivity contribution in [1.82, 2.24) is 15.2 Å². The predicted octanol–water partition coefficient (Wildman–Crippen LogP) is 7.18. The van der Waals surface area contributed by atoms with Gasteiger partial charge in [-0.25, -0.2) is 9.78 Å². The molecule has 1 aromatic heterocycles. The second-order valence-electron chi connectivity index (χ2n) is 10.7. The molecule has 0 saturated heterocycles. The maximum absolute atomic E-state index is 12.3. The summed E-state index contributed by atoms with van der Waals surface area (Å²) in [5, 5.41) is 2.86. The molecule has 7 nitrogen and oxygen atoms in total. The molecule has 5 rings (SSSR count). The third-order valence-electron chi connectivity index (χ3n) is 7.24. The number of aryl methyl sites for hydroxylation is 1. The summed E-state index contributed by atoms with van der Waals surface area (Å²) in [6, 6.07) is 28.2. The van der Waals surface area contributed by atoms with E-state index in [1.54, 1.807) is 6.20 Å². The number of pyridine rings is 1. The minimum Gasteiger partial charge on any atom is -0.493 e. The first-order valence-electron chi connectivity index (χ1n) is 14.8. The van der Waals surface area contributed by atoms with Gasteiger partial charge >= 0.3 is 6.09 Å². The van der Waals surface area contributed by atoms with Crippen molar-refractivity contribution in [3.8, 4) is 23.1 Å². The van der Waals surface area contributed by atoms with Gasteiger partial charge in [-0.05, 0) is 73.7 Å². The quantitative estimate of drug-likeness (QED) is 0.144. The summed E-state index contributed by atoms with van der Waals surface area (Å²) in [6.45, 7) is 2.84. The van der Waals surface area contributed by atoms with Gasteiger partial charge in [0.2, 0.25) is 5.88 Å². The van der Waals surface area contributed by atoms with Gasteiger partial charge in [-0.2, -0.15) is 0 Å². The van der Waals surface area contributed by atoms with Gasteiger partial charge in [0, 0.05) is 43.9 Å². The molecular weight excluding hydrogens is 526 g/mol. The van der Waals surface area contributed by atoms with Crippen LogP contribution in [0.2, 0.25) is 0 Å². The van der Waals surface area contributed by atoms with Gasteiger partial charge in [0.05, 0.1) is 6.61 Å². The number of fused-ring (bicyclic) bond motifs is 2. The van der Waals surface area contributed by atoms with E-state index in [0.717, 1.165) is 79.8 Å². The van der Waals surface area contributed by atoms with Gasteiger partial charge in [0.15, 0.2) is 0 Å². The number of hydrogen-bond donors (Lipinski definition) is 1. The second-order valence-corrected chi connectivity index (χ2v) is 10.7. The fourth-order valence-corrected chi connectivity index (χ4v) is 5.06. The van der Waals surface area contributed by atoms with Crippen LogP contribution in [-0.2, 0) is 19.4 Å². The summed E-state index contributed by atoms with van der Waals surface area (Å²) in [5.74, 6) is 2.83. The zero-order valence-electron chi connectivity index (χ0n) is 24.3. The molecule has 2 heterocycles. The van der Waals surface area contributed by atoms with Gasteiger partial charge in [0.25, 0.3) is 0 Å². The highest BCUT2D eigenvalue weighted by molar-refractivity contribution is 5.70. The normalized spacial score (nSPS) is 11.8. The molecule has 0 saturated carbocycles. The summed E-state index contributed by atoms with van der Waals surface area (Å²) >= 11 is 0. The largest absolute Gasteiger partial charge is 0.493 e. The van der Waals surface area contributed by atoms with Crippen molar-refractivity contribution < 1.29 is 19.0 Å². The van der Waals surface area contributed by atoms with Crippen LogP contribution in [-0.4, -0.2) is 42.7 Å². The minimum atomic E-state index is -0.409. The number of carbonyl (C=O) groups excluding carboxylic acids is 1. The van der Waals surface area contributed by atoms with Crippen molar-refractivity contribution in [2.24, 2.45) is 0 Å². The van der Waals surface area contributed by atoms with Crippen LogP contribution in [0.5, 0.6) is 23.1 Å². The van der Waals surface area contributed by atoms with Crippen LogP contribution in [0, 0.1) is 0 Å². The number of aromatic nitrogens is 1. The lowest BCUT2D eigenvalue weighted by Gasteiger charge is -2.20. The van der Waals surface area contributed by atoms with Crippen LogP contribution < -0.4 is 19.5 Å². The average Bonchev–Trinajstić information content (AvgIpc) is 3.00. The molecule has 0 spiro atoms. The predicted molar refractivity (Wildman–Crippen MR) is 164 cm³/mol. The smallest absolute Gasteiger partial charge is 0.412 e. The van der Waals surface area contributed by atoms with Crippen LogP contribution in [0.3, 0.4) is 0 Å². The molecule has 0 bridgehead atoms. The maximum Gasteiger partial charge on any atom is 0.412 e. The number of carbonyl (C=O) groups is 1. The van der Waals surface area contributed by atoms with Crippen molar-refractivity contribution in [2.45, 2.75) is 45.1 Å². The fourth-order valence-electron chi connectivity index (χ4n) is 5.06. The molecule has 0 radical (unpaired) electrons. The Morgan fingerprint density at radius 1 is 0.881 bits per heavy atom. The van der Waals surface area contributed by atoms with E-state index in [4.69, 9.17) is 14.2 Å². The van der Waals surface area contributed by atoms with Crippen molar-refractivity contribution in [3.05, 3.63) is 113 Å². The van der Waals surface area contributed by atoms with Gasteiger partial charge in [-0.1, -0.05) is 61.0 Å². The lowest BCUT2D eigenvalue weighted by molar-refractivity contribution is 0.200. The van der Waals surface area contributed by atoms with E-state index < -0.39 is 6.09 Å². The number of nitrogens with zero attached hydrogens (tertiary/aromatic N) is 2. The molecule has 218 valence electrons. The first-order chi connectivity index (χ1) is 20.6. The number of benzene rings is 3. The molecule has 0 unspecified atom stereocenters. The lowest BCUT2D eigenvalue weighted by Crippen LogP contribution is -2.27. The molecule has 7 heteroatoms. The monoisotopic (exact) mass is 565 g/mol. The SMILES string of the molecule is CN(CCCOc1ccc2c(c1)Oc1ncccc1C2)Cc1cccc(OC(=O)NCCCCCc2ccccc2)c1. The Hall–Kier alpha value is -4.36. The Morgan fingerprint density at radius 2 is 1.76 bits per heavy atom. The van der Waals surface area contributed by atoms with Crippen molar-refractivity contribution in [1.29, 1.82) is 0 Å². The van der Waals surface area contributed by atoms with E-state index in [-0.39, 0.29) is 0 Å². The number of unbranched alkanes of at least 4 members (excludes halogenated alkanes) is 2.